The summed E-state index contributed by atoms with van der Waals surface area (Å²) in [6.07, 6.45) is 0. The topological polar surface area (TPSA) is 29.3 Å². The van der Waals surface area contributed by atoms with Crippen molar-refractivity contribution in [3.8, 4) is 0 Å². The lowest BCUT2D eigenvalue weighted by Gasteiger charge is -2.16. The average Bonchev–Trinajstić information content (AvgIpc) is 2.51. The summed E-state index contributed by atoms with van der Waals surface area (Å²) >= 11 is 0. The fourth-order valence-corrected chi connectivity index (χ4v) is 2.30. The van der Waals surface area contributed by atoms with Gasteiger partial charge in [-0.25, -0.2) is 4.39 Å². The summed E-state index contributed by atoms with van der Waals surface area (Å²) in [5.41, 5.74) is 8.20. The molecule has 2 N–H and O–H groups in total. The molecule has 1 saturated heterocycles. The number of hydrogen-bond donors (Lipinski definition) is 1. The number of hydrogen-bond acceptors (Lipinski definition) is 2. The maximum atomic E-state index is 13.0. The second-order valence-corrected chi connectivity index (χ2v) is 4.91. The number of benzene rings is 1. The Morgan fingerprint density at radius 3 is 2.65 bits per heavy atom. The highest BCUT2D eigenvalue weighted by Crippen LogP contribution is 2.19. The lowest BCUT2D eigenvalue weighted by Crippen LogP contribution is -2.28. The van der Waals surface area contributed by atoms with E-state index in [-0.39, 0.29) is 24.3 Å². The number of aryl methyl sites for hydroxylation is 1. The van der Waals surface area contributed by atoms with Crippen molar-refractivity contribution in [1.82, 2.24) is 4.90 Å². The smallest absolute Gasteiger partial charge is 0.123 e. The molecule has 1 aromatic carbocycles. The van der Waals surface area contributed by atoms with Crippen LogP contribution in [0.3, 0.4) is 0 Å². The van der Waals surface area contributed by atoms with E-state index in [4.69, 9.17) is 5.73 Å². The molecule has 2 rings (SSSR count). The molecular formula is C13H20ClFN2. The SMILES string of the molecule is Cc1cc(F)ccc1CN1CC(C)C(N)C1.Cl. The van der Waals surface area contributed by atoms with Crippen LogP contribution in [-0.4, -0.2) is 24.0 Å². The van der Waals surface area contributed by atoms with Gasteiger partial charge in [-0.05, 0) is 36.1 Å². The third-order valence-corrected chi connectivity index (χ3v) is 3.44. The van der Waals surface area contributed by atoms with E-state index in [0.717, 1.165) is 25.2 Å². The summed E-state index contributed by atoms with van der Waals surface area (Å²) in [6, 6.07) is 5.27. The lowest BCUT2D eigenvalue weighted by molar-refractivity contribution is 0.318. The standard InChI is InChI=1S/C13H19FN2.ClH/c1-9-5-12(14)4-3-11(9)7-16-6-10(2)13(15)8-16;/h3-5,10,13H,6-8,15H2,1-2H3;1H. The number of nitrogens with zero attached hydrogens (tertiary/aromatic N) is 1. The molecule has 1 fully saturated rings. The third-order valence-electron chi connectivity index (χ3n) is 3.44. The van der Waals surface area contributed by atoms with Gasteiger partial charge >= 0.3 is 0 Å². The summed E-state index contributed by atoms with van der Waals surface area (Å²) < 4.78 is 13.0. The van der Waals surface area contributed by atoms with Gasteiger partial charge in [0.05, 0.1) is 0 Å². The molecule has 0 radical (unpaired) electrons. The highest BCUT2D eigenvalue weighted by Gasteiger charge is 2.26. The first kappa shape index (κ1) is 14.4. The van der Waals surface area contributed by atoms with Crippen molar-refractivity contribution in [3.05, 3.63) is 35.1 Å². The highest BCUT2D eigenvalue weighted by molar-refractivity contribution is 5.85. The fourth-order valence-electron chi connectivity index (χ4n) is 2.30. The van der Waals surface area contributed by atoms with E-state index in [1.807, 2.05) is 13.0 Å². The van der Waals surface area contributed by atoms with Gasteiger partial charge < -0.3 is 5.73 Å². The maximum Gasteiger partial charge on any atom is 0.123 e. The summed E-state index contributed by atoms with van der Waals surface area (Å²) in [5, 5.41) is 0. The first-order valence-electron chi connectivity index (χ1n) is 5.79. The molecule has 0 spiro atoms. The quantitative estimate of drug-likeness (QED) is 0.882. The molecule has 2 nitrogen and oxygen atoms in total. The fraction of sp³-hybridized carbons (Fsp3) is 0.538. The molecule has 0 saturated carbocycles. The second-order valence-electron chi connectivity index (χ2n) is 4.91. The van der Waals surface area contributed by atoms with Gasteiger partial charge in [0, 0.05) is 25.7 Å². The largest absolute Gasteiger partial charge is 0.326 e. The predicted molar refractivity (Wildman–Crippen MR) is 70.8 cm³/mol. The van der Waals surface area contributed by atoms with E-state index < -0.39 is 0 Å². The number of likely N-dealkylation sites (tertiary alicyclic amines) is 1. The van der Waals surface area contributed by atoms with Crippen LogP contribution in [0.4, 0.5) is 4.39 Å². The molecule has 1 heterocycles. The maximum absolute atomic E-state index is 13.0. The number of nitrogens with two attached hydrogens (primary N) is 1. The zero-order chi connectivity index (χ0) is 11.7. The molecule has 17 heavy (non-hydrogen) atoms. The van der Waals surface area contributed by atoms with E-state index in [1.165, 1.54) is 11.6 Å². The molecule has 1 aliphatic rings. The van der Waals surface area contributed by atoms with E-state index in [9.17, 15) is 4.39 Å². The van der Waals surface area contributed by atoms with Gasteiger partial charge in [-0.3, -0.25) is 4.90 Å². The van der Waals surface area contributed by atoms with Crippen LogP contribution in [0.1, 0.15) is 18.1 Å². The van der Waals surface area contributed by atoms with Gasteiger partial charge in [0.1, 0.15) is 5.82 Å². The molecule has 96 valence electrons. The molecular weight excluding hydrogens is 239 g/mol. The van der Waals surface area contributed by atoms with Gasteiger partial charge in [-0.15, -0.1) is 12.4 Å². The number of halogens is 2. The molecule has 0 aliphatic carbocycles. The summed E-state index contributed by atoms with van der Waals surface area (Å²) in [4.78, 5) is 2.34. The van der Waals surface area contributed by atoms with Crippen LogP contribution in [0.5, 0.6) is 0 Å². The Balaban J connectivity index is 0.00000144. The van der Waals surface area contributed by atoms with Crippen LogP contribution >= 0.6 is 12.4 Å². The normalized spacial score (nSPS) is 24.7. The summed E-state index contributed by atoms with van der Waals surface area (Å²) in [5.74, 6) is 0.397. The molecule has 2 unspecified atom stereocenters. The molecule has 0 bridgehead atoms. The minimum atomic E-state index is -0.159. The minimum absolute atomic E-state index is 0. The zero-order valence-electron chi connectivity index (χ0n) is 10.3. The van der Waals surface area contributed by atoms with Crippen molar-refractivity contribution in [2.24, 2.45) is 11.7 Å². The Morgan fingerprint density at radius 2 is 2.12 bits per heavy atom. The van der Waals surface area contributed by atoms with Gasteiger partial charge in [-0.1, -0.05) is 13.0 Å². The van der Waals surface area contributed by atoms with Crippen LogP contribution in [0, 0.1) is 18.7 Å². The van der Waals surface area contributed by atoms with Crippen molar-refractivity contribution >= 4 is 12.4 Å². The molecule has 2 atom stereocenters. The van der Waals surface area contributed by atoms with Crippen molar-refractivity contribution in [2.45, 2.75) is 26.4 Å². The minimum Gasteiger partial charge on any atom is -0.326 e. The first-order valence-corrected chi connectivity index (χ1v) is 5.79. The van der Waals surface area contributed by atoms with Crippen LogP contribution in [-0.2, 0) is 6.54 Å². The molecule has 4 heteroatoms. The average molecular weight is 259 g/mol. The van der Waals surface area contributed by atoms with Gasteiger partial charge in [-0.2, -0.15) is 0 Å². The van der Waals surface area contributed by atoms with Crippen molar-refractivity contribution in [3.63, 3.8) is 0 Å². The van der Waals surface area contributed by atoms with Crippen LogP contribution in [0.25, 0.3) is 0 Å². The van der Waals surface area contributed by atoms with Crippen LogP contribution in [0.15, 0.2) is 18.2 Å². The first-order chi connectivity index (χ1) is 7.56. The van der Waals surface area contributed by atoms with E-state index >= 15 is 0 Å². The third kappa shape index (κ3) is 3.41. The molecule has 0 aromatic heterocycles. The summed E-state index contributed by atoms with van der Waals surface area (Å²) in [6.45, 7) is 7.00. The van der Waals surface area contributed by atoms with Crippen molar-refractivity contribution in [2.75, 3.05) is 13.1 Å². The van der Waals surface area contributed by atoms with Gasteiger partial charge in [0.15, 0.2) is 0 Å². The highest BCUT2D eigenvalue weighted by atomic mass is 35.5. The predicted octanol–water partition coefficient (Wildman–Crippen LogP) is 2.33. The Hall–Kier alpha value is -0.640. The molecule has 1 aliphatic heterocycles. The van der Waals surface area contributed by atoms with Gasteiger partial charge in [0.25, 0.3) is 0 Å². The molecule has 0 amide bonds. The second kappa shape index (κ2) is 5.80. The molecule has 1 aromatic rings. The van der Waals surface area contributed by atoms with Crippen LogP contribution < -0.4 is 5.73 Å². The van der Waals surface area contributed by atoms with E-state index in [2.05, 4.69) is 11.8 Å². The van der Waals surface area contributed by atoms with E-state index in [1.54, 1.807) is 6.07 Å². The van der Waals surface area contributed by atoms with Gasteiger partial charge in [0.2, 0.25) is 0 Å². The zero-order valence-corrected chi connectivity index (χ0v) is 11.1. The summed E-state index contributed by atoms with van der Waals surface area (Å²) in [7, 11) is 0. The Labute approximate surface area is 108 Å². The number of rotatable bonds is 2. The Kier molecular flexibility index (Phi) is 4.92. The lowest BCUT2D eigenvalue weighted by atomic mass is 10.1. The van der Waals surface area contributed by atoms with Crippen LogP contribution in [0.2, 0.25) is 0 Å². The Bertz CT molecular complexity index is 374. The van der Waals surface area contributed by atoms with E-state index in [0.29, 0.717) is 5.92 Å². The van der Waals surface area contributed by atoms with Crippen molar-refractivity contribution < 1.29 is 4.39 Å². The van der Waals surface area contributed by atoms with Crippen molar-refractivity contribution in [1.29, 1.82) is 0 Å². The Morgan fingerprint density at radius 1 is 1.41 bits per heavy atom. The monoisotopic (exact) mass is 258 g/mol.